The van der Waals surface area contributed by atoms with E-state index < -0.39 is 0 Å². The highest BCUT2D eigenvalue weighted by Crippen LogP contribution is 2.29. The van der Waals surface area contributed by atoms with E-state index in [4.69, 9.17) is 33.3 Å². The van der Waals surface area contributed by atoms with Gasteiger partial charge in [0.25, 0.3) is 5.91 Å². The minimum absolute atomic E-state index is 0.153. The van der Waals surface area contributed by atoms with Crippen LogP contribution in [0.1, 0.15) is 18.1 Å². The lowest BCUT2D eigenvalue weighted by Gasteiger charge is -2.36. The van der Waals surface area contributed by atoms with Crippen LogP contribution in [0.3, 0.4) is 0 Å². The first-order valence-corrected chi connectivity index (χ1v) is 12.8. The third-order valence-corrected chi connectivity index (χ3v) is 6.60. The van der Waals surface area contributed by atoms with E-state index in [1.54, 1.807) is 24.3 Å². The van der Waals surface area contributed by atoms with Crippen LogP contribution < -0.4 is 14.8 Å². The Balaban J connectivity index is 1.33. The second kappa shape index (κ2) is 12.7. The van der Waals surface area contributed by atoms with Gasteiger partial charge in [-0.3, -0.25) is 9.69 Å². The monoisotopic (exact) mass is 523 g/mol. The summed E-state index contributed by atoms with van der Waals surface area (Å²) in [7, 11) is 0. The fourth-order valence-electron chi connectivity index (χ4n) is 4.07. The summed E-state index contributed by atoms with van der Waals surface area (Å²) in [6, 6.07) is 23.1. The third kappa shape index (κ3) is 7.20. The van der Waals surface area contributed by atoms with Gasteiger partial charge in [0.05, 0.1) is 6.61 Å². The first kappa shape index (κ1) is 25.9. The van der Waals surface area contributed by atoms with Crippen molar-refractivity contribution < 1.29 is 14.3 Å². The van der Waals surface area contributed by atoms with Crippen LogP contribution in [0.15, 0.2) is 72.8 Å². The molecule has 0 radical (unpaired) electrons. The molecule has 1 aliphatic heterocycles. The molecule has 0 aliphatic carbocycles. The molecular formula is C28H30ClN3O3S. The van der Waals surface area contributed by atoms with E-state index in [0.29, 0.717) is 28.8 Å². The summed E-state index contributed by atoms with van der Waals surface area (Å²) in [5.41, 5.74) is 2.85. The van der Waals surface area contributed by atoms with Gasteiger partial charge in [0.15, 0.2) is 18.1 Å². The average Bonchev–Trinajstić information content (AvgIpc) is 2.89. The highest BCUT2D eigenvalue weighted by Gasteiger charge is 2.21. The molecule has 0 unspecified atom stereocenters. The van der Waals surface area contributed by atoms with Crippen LogP contribution in [-0.4, -0.2) is 60.1 Å². The van der Waals surface area contributed by atoms with Gasteiger partial charge >= 0.3 is 0 Å². The normalized spacial score (nSPS) is 13.8. The van der Waals surface area contributed by atoms with Crippen LogP contribution >= 0.6 is 23.8 Å². The summed E-state index contributed by atoms with van der Waals surface area (Å²) < 4.78 is 11.6. The van der Waals surface area contributed by atoms with Crippen LogP contribution in [0.2, 0.25) is 5.02 Å². The number of halogens is 1. The number of thiocarbonyl (C=S) groups is 1. The van der Waals surface area contributed by atoms with E-state index >= 15 is 0 Å². The Morgan fingerprint density at radius 2 is 1.72 bits per heavy atom. The molecule has 0 saturated carbocycles. The van der Waals surface area contributed by atoms with Crippen molar-refractivity contribution in [1.29, 1.82) is 0 Å². The molecule has 1 heterocycles. The molecule has 6 nitrogen and oxygen atoms in total. The van der Waals surface area contributed by atoms with E-state index in [1.165, 1.54) is 5.56 Å². The lowest BCUT2D eigenvalue weighted by atomic mass is 10.1. The number of carbonyl (C=O) groups excluding carboxylic acids is 1. The molecule has 1 amide bonds. The molecule has 36 heavy (non-hydrogen) atoms. The number of amides is 1. The molecule has 0 spiro atoms. The average molecular weight is 524 g/mol. The zero-order chi connectivity index (χ0) is 25.3. The Morgan fingerprint density at radius 3 is 2.44 bits per heavy atom. The molecule has 3 aromatic rings. The lowest BCUT2D eigenvalue weighted by molar-refractivity contribution is -0.118. The van der Waals surface area contributed by atoms with Crippen LogP contribution in [0, 0.1) is 0 Å². The lowest BCUT2D eigenvalue weighted by Crippen LogP contribution is -2.48. The van der Waals surface area contributed by atoms with Crippen molar-refractivity contribution >= 4 is 40.4 Å². The zero-order valence-corrected chi connectivity index (χ0v) is 21.9. The second-order valence-electron chi connectivity index (χ2n) is 8.50. The maximum absolute atomic E-state index is 12.3. The van der Waals surface area contributed by atoms with Crippen molar-refractivity contribution in [2.24, 2.45) is 0 Å². The third-order valence-electron chi connectivity index (χ3n) is 5.87. The minimum atomic E-state index is -0.285. The summed E-state index contributed by atoms with van der Waals surface area (Å²) in [6.07, 6.45) is 0. The van der Waals surface area contributed by atoms with Crippen LogP contribution in [0.5, 0.6) is 11.5 Å². The summed E-state index contributed by atoms with van der Waals surface area (Å²) >= 11 is 11.8. The van der Waals surface area contributed by atoms with E-state index in [-0.39, 0.29) is 12.5 Å². The van der Waals surface area contributed by atoms with Crippen molar-refractivity contribution in [2.45, 2.75) is 13.5 Å². The number of hydrogen-bond acceptors (Lipinski definition) is 5. The van der Waals surface area contributed by atoms with Crippen molar-refractivity contribution in [1.82, 2.24) is 9.80 Å². The zero-order valence-electron chi connectivity index (χ0n) is 20.3. The van der Waals surface area contributed by atoms with Crippen LogP contribution in [-0.2, 0) is 11.3 Å². The maximum atomic E-state index is 12.3. The topological polar surface area (TPSA) is 54.0 Å². The Morgan fingerprint density at radius 1 is 0.944 bits per heavy atom. The first-order valence-electron chi connectivity index (χ1n) is 12.0. The van der Waals surface area contributed by atoms with Gasteiger partial charge in [0, 0.05) is 49.0 Å². The molecule has 0 atom stereocenters. The molecule has 8 heteroatoms. The standard InChI is InChI=1S/C28H30ClN3O3S/c1-2-34-26-17-22(11-12-25(26)35-20-27(33)30-24-10-6-9-23(29)18-24)28(36)32-15-13-31(14-16-32)19-21-7-4-3-5-8-21/h3-12,17-18H,2,13-16,19-20H2,1H3,(H,30,33). The smallest absolute Gasteiger partial charge is 0.262 e. The van der Waals surface area contributed by atoms with Gasteiger partial charge in [-0.05, 0) is 48.9 Å². The molecule has 0 bridgehead atoms. The number of anilines is 1. The van der Waals surface area contributed by atoms with Crippen molar-refractivity contribution in [3.8, 4) is 11.5 Å². The second-order valence-corrected chi connectivity index (χ2v) is 9.32. The summed E-state index contributed by atoms with van der Waals surface area (Å²) in [6.45, 7) is 6.83. The van der Waals surface area contributed by atoms with E-state index in [2.05, 4.69) is 39.4 Å². The molecule has 1 saturated heterocycles. The Bertz CT molecular complexity index is 1180. The number of benzene rings is 3. The summed E-state index contributed by atoms with van der Waals surface area (Å²) in [4.78, 5) is 17.8. The Labute approximate surface area is 222 Å². The van der Waals surface area contributed by atoms with E-state index in [1.807, 2.05) is 31.2 Å². The molecule has 1 N–H and O–H groups in total. The van der Waals surface area contributed by atoms with Crippen molar-refractivity contribution in [3.63, 3.8) is 0 Å². The number of piperazine rings is 1. The number of hydrogen-bond donors (Lipinski definition) is 1. The quantitative estimate of drug-likeness (QED) is 0.387. The molecule has 1 aliphatic rings. The van der Waals surface area contributed by atoms with Gasteiger partial charge < -0.3 is 19.7 Å². The SMILES string of the molecule is CCOc1cc(C(=S)N2CCN(Cc3ccccc3)CC2)ccc1OCC(=O)Nc1cccc(Cl)c1. The van der Waals surface area contributed by atoms with Gasteiger partial charge in [0.2, 0.25) is 0 Å². The maximum Gasteiger partial charge on any atom is 0.262 e. The summed E-state index contributed by atoms with van der Waals surface area (Å²) in [5, 5.41) is 3.33. The Hall–Kier alpha value is -3.13. The Kier molecular flexibility index (Phi) is 9.17. The largest absolute Gasteiger partial charge is 0.490 e. The highest BCUT2D eigenvalue weighted by molar-refractivity contribution is 7.80. The predicted octanol–water partition coefficient (Wildman–Crippen LogP) is 5.25. The molecule has 0 aromatic heterocycles. The summed E-state index contributed by atoms with van der Waals surface area (Å²) in [5.74, 6) is 0.778. The minimum Gasteiger partial charge on any atom is -0.490 e. The molecule has 1 fully saturated rings. The molecule has 188 valence electrons. The number of ether oxygens (including phenoxy) is 2. The number of nitrogens with one attached hydrogen (secondary N) is 1. The van der Waals surface area contributed by atoms with E-state index in [0.717, 1.165) is 43.3 Å². The molecular weight excluding hydrogens is 494 g/mol. The van der Waals surface area contributed by atoms with Crippen molar-refractivity contribution in [3.05, 3.63) is 88.9 Å². The number of carbonyl (C=O) groups is 1. The van der Waals surface area contributed by atoms with Crippen LogP contribution in [0.25, 0.3) is 0 Å². The van der Waals surface area contributed by atoms with Crippen molar-refractivity contribution in [2.75, 3.05) is 44.7 Å². The fourth-order valence-corrected chi connectivity index (χ4v) is 4.57. The van der Waals surface area contributed by atoms with Crippen LogP contribution in [0.4, 0.5) is 5.69 Å². The van der Waals surface area contributed by atoms with Gasteiger partial charge in [-0.1, -0.05) is 60.2 Å². The first-order chi connectivity index (χ1) is 17.5. The van der Waals surface area contributed by atoms with Gasteiger partial charge in [-0.15, -0.1) is 0 Å². The number of nitrogens with zero attached hydrogens (tertiary/aromatic N) is 2. The fraction of sp³-hybridized carbons (Fsp3) is 0.286. The van der Waals surface area contributed by atoms with Gasteiger partial charge in [-0.2, -0.15) is 0 Å². The number of rotatable bonds is 9. The highest BCUT2D eigenvalue weighted by atomic mass is 35.5. The van der Waals surface area contributed by atoms with E-state index in [9.17, 15) is 4.79 Å². The van der Waals surface area contributed by atoms with Gasteiger partial charge in [0.1, 0.15) is 4.99 Å². The predicted molar refractivity (Wildman–Crippen MR) is 148 cm³/mol. The van der Waals surface area contributed by atoms with Gasteiger partial charge in [-0.25, -0.2) is 0 Å². The molecule has 3 aromatic carbocycles. The molecule has 4 rings (SSSR count).